The van der Waals surface area contributed by atoms with E-state index in [0.29, 0.717) is 39.0 Å². The number of benzene rings is 1. The fourth-order valence-corrected chi connectivity index (χ4v) is 3.71. The number of amides is 1. The van der Waals surface area contributed by atoms with E-state index in [1.54, 1.807) is 13.8 Å². The number of hydrogen-bond donors (Lipinski definition) is 2. The number of carboxylic acids is 1. The number of nitrogens with one attached hydrogen (secondary N) is 1. The second-order valence-electron chi connectivity index (χ2n) is 7.71. The number of aliphatic carboxylic acids is 1. The van der Waals surface area contributed by atoms with E-state index in [0.717, 1.165) is 12.0 Å². The second-order valence-corrected chi connectivity index (χ2v) is 7.71. The van der Waals surface area contributed by atoms with Crippen LogP contribution in [0.1, 0.15) is 45.1 Å². The number of rotatable bonds is 9. The van der Waals surface area contributed by atoms with Crippen LogP contribution >= 0.6 is 0 Å². The SMILES string of the molecule is CCOC(=O)C(CCc1ccccc1)N[C@@H](C)C(=O)N1CCCCOCC[C@H]1C(=O)O. The highest BCUT2D eigenvalue weighted by molar-refractivity contribution is 5.87. The molecule has 1 aliphatic heterocycles. The van der Waals surface area contributed by atoms with Crippen LogP contribution in [-0.2, 0) is 30.3 Å². The summed E-state index contributed by atoms with van der Waals surface area (Å²) in [5.74, 6) is -1.79. The maximum absolute atomic E-state index is 13.2. The first-order chi connectivity index (χ1) is 14.9. The van der Waals surface area contributed by atoms with E-state index in [1.807, 2.05) is 30.3 Å². The van der Waals surface area contributed by atoms with Crippen molar-refractivity contribution in [2.45, 2.75) is 64.1 Å². The summed E-state index contributed by atoms with van der Waals surface area (Å²) >= 11 is 0. The van der Waals surface area contributed by atoms with Crippen molar-refractivity contribution in [2.24, 2.45) is 0 Å². The van der Waals surface area contributed by atoms with Crippen molar-refractivity contribution in [2.75, 3.05) is 26.4 Å². The highest BCUT2D eigenvalue weighted by Gasteiger charge is 2.34. The van der Waals surface area contributed by atoms with Crippen LogP contribution in [0, 0.1) is 0 Å². The van der Waals surface area contributed by atoms with Crippen molar-refractivity contribution in [3.05, 3.63) is 35.9 Å². The maximum atomic E-state index is 13.2. The molecule has 1 unspecified atom stereocenters. The Kier molecular flexibility index (Phi) is 10.5. The van der Waals surface area contributed by atoms with Crippen LogP contribution < -0.4 is 5.32 Å². The van der Waals surface area contributed by atoms with Gasteiger partial charge in [0.2, 0.25) is 5.91 Å². The first-order valence-corrected chi connectivity index (χ1v) is 11.0. The van der Waals surface area contributed by atoms with E-state index in [2.05, 4.69) is 5.32 Å². The molecular weight excluding hydrogens is 400 g/mol. The number of aryl methyl sites for hydroxylation is 1. The Labute approximate surface area is 183 Å². The predicted molar refractivity (Wildman–Crippen MR) is 116 cm³/mol. The molecule has 1 saturated heterocycles. The van der Waals surface area contributed by atoms with Gasteiger partial charge in [0.15, 0.2) is 0 Å². The minimum absolute atomic E-state index is 0.239. The molecule has 0 bridgehead atoms. The van der Waals surface area contributed by atoms with Crippen LogP contribution in [-0.4, -0.2) is 72.3 Å². The molecule has 1 aromatic carbocycles. The molecule has 1 aliphatic rings. The molecule has 0 aromatic heterocycles. The van der Waals surface area contributed by atoms with Crippen LogP contribution in [0.25, 0.3) is 0 Å². The molecule has 0 saturated carbocycles. The van der Waals surface area contributed by atoms with Crippen LogP contribution in [0.5, 0.6) is 0 Å². The molecule has 172 valence electrons. The van der Waals surface area contributed by atoms with Gasteiger partial charge in [0.05, 0.1) is 12.6 Å². The van der Waals surface area contributed by atoms with E-state index in [-0.39, 0.29) is 18.9 Å². The van der Waals surface area contributed by atoms with E-state index < -0.39 is 30.1 Å². The van der Waals surface area contributed by atoms with Gasteiger partial charge in [-0.3, -0.25) is 14.9 Å². The third kappa shape index (κ3) is 7.95. The van der Waals surface area contributed by atoms with Gasteiger partial charge in [-0.25, -0.2) is 4.79 Å². The zero-order valence-corrected chi connectivity index (χ0v) is 18.4. The molecule has 8 heteroatoms. The zero-order valence-electron chi connectivity index (χ0n) is 18.4. The van der Waals surface area contributed by atoms with Crippen molar-refractivity contribution in [3.8, 4) is 0 Å². The maximum Gasteiger partial charge on any atom is 0.326 e. The lowest BCUT2D eigenvalue weighted by atomic mass is 10.0. The van der Waals surface area contributed by atoms with E-state index in [9.17, 15) is 19.5 Å². The lowest BCUT2D eigenvalue weighted by Gasteiger charge is -2.32. The average molecular weight is 435 g/mol. The lowest BCUT2D eigenvalue weighted by Crippen LogP contribution is -2.55. The molecule has 3 atom stereocenters. The van der Waals surface area contributed by atoms with Gasteiger partial charge >= 0.3 is 11.9 Å². The molecule has 1 aromatic rings. The summed E-state index contributed by atoms with van der Waals surface area (Å²) in [5, 5.41) is 12.7. The van der Waals surface area contributed by atoms with Gasteiger partial charge in [0.25, 0.3) is 0 Å². The summed E-state index contributed by atoms with van der Waals surface area (Å²) in [7, 11) is 0. The van der Waals surface area contributed by atoms with Gasteiger partial charge in [0, 0.05) is 26.2 Å². The number of ether oxygens (including phenoxy) is 2. The topological polar surface area (TPSA) is 105 Å². The Morgan fingerprint density at radius 2 is 1.97 bits per heavy atom. The van der Waals surface area contributed by atoms with Crippen molar-refractivity contribution in [1.82, 2.24) is 10.2 Å². The van der Waals surface area contributed by atoms with Crippen molar-refractivity contribution >= 4 is 17.8 Å². The Bertz CT molecular complexity index is 711. The largest absolute Gasteiger partial charge is 0.480 e. The van der Waals surface area contributed by atoms with Crippen molar-refractivity contribution < 1.29 is 29.0 Å². The summed E-state index contributed by atoms with van der Waals surface area (Å²) in [6.45, 7) is 4.86. The number of esters is 1. The summed E-state index contributed by atoms with van der Waals surface area (Å²) in [6, 6.07) is 7.44. The number of hydrogen-bond acceptors (Lipinski definition) is 6. The second kappa shape index (κ2) is 13.1. The third-order valence-electron chi connectivity index (χ3n) is 5.37. The molecule has 0 aliphatic carbocycles. The van der Waals surface area contributed by atoms with Gasteiger partial charge in [0.1, 0.15) is 12.1 Å². The smallest absolute Gasteiger partial charge is 0.326 e. The third-order valence-corrected chi connectivity index (χ3v) is 5.37. The Morgan fingerprint density at radius 3 is 2.65 bits per heavy atom. The highest BCUT2D eigenvalue weighted by Crippen LogP contribution is 2.14. The summed E-state index contributed by atoms with van der Waals surface area (Å²) in [5.41, 5.74) is 1.09. The first kappa shape index (κ1) is 24.8. The van der Waals surface area contributed by atoms with Crippen LogP contribution in [0.2, 0.25) is 0 Å². The molecule has 1 heterocycles. The van der Waals surface area contributed by atoms with E-state index >= 15 is 0 Å². The van der Waals surface area contributed by atoms with Crippen molar-refractivity contribution in [3.63, 3.8) is 0 Å². The lowest BCUT2D eigenvalue weighted by molar-refractivity contribution is -0.152. The average Bonchev–Trinajstić information content (AvgIpc) is 2.88. The molecule has 1 amide bonds. The highest BCUT2D eigenvalue weighted by atomic mass is 16.5. The van der Waals surface area contributed by atoms with Crippen LogP contribution in [0.4, 0.5) is 0 Å². The van der Waals surface area contributed by atoms with Crippen molar-refractivity contribution in [1.29, 1.82) is 0 Å². The standard InChI is InChI=1S/C23H34N2O6/c1-3-31-23(29)19(12-11-18-9-5-4-6-10-18)24-17(2)21(26)25-14-7-8-15-30-16-13-20(25)22(27)28/h4-6,9-10,17,19-20,24H,3,7-8,11-16H2,1-2H3,(H,27,28)/t17-,19?,20-/m0/s1. The zero-order chi connectivity index (χ0) is 22.6. The first-order valence-electron chi connectivity index (χ1n) is 11.0. The van der Waals surface area contributed by atoms with Gasteiger partial charge in [-0.05, 0) is 45.1 Å². The van der Waals surface area contributed by atoms with Crippen LogP contribution in [0.3, 0.4) is 0 Å². The fourth-order valence-electron chi connectivity index (χ4n) is 3.71. The summed E-state index contributed by atoms with van der Waals surface area (Å²) in [6.07, 6.45) is 2.79. The minimum Gasteiger partial charge on any atom is -0.480 e. The molecule has 8 nitrogen and oxygen atoms in total. The molecule has 2 rings (SSSR count). The fraction of sp³-hybridized carbons (Fsp3) is 0.609. The molecule has 0 radical (unpaired) electrons. The molecule has 31 heavy (non-hydrogen) atoms. The number of nitrogens with zero attached hydrogens (tertiary/aromatic N) is 1. The van der Waals surface area contributed by atoms with Gasteiger partial charge in [-0.15, -0.1) is 0 Å². The Hall–Kier alpha value is -2.45. The monoisotopic (exact) mass is 434 g/mol. The van der Waals surface area contributed by atoms with E-state index in [1.165, 1.54) is 4.90 Å². The molecule has 0 spiro atoms. The molecule has 2 N–H and O–H groups in total. The minimum atomic E-state index is -1.04. The van der Waals surface area contributed by atoms with E-state index in [4.69, 9.17) is 9.47 Å². The van der Waals surface area contributed by atoms with Gasteiger partial charge < -0.3 is 19.5 Å². The van der Waals surface area contributed by atoms with Gasteiger partial charge in [-0.1, -0.05) is 30.3 Å². The quantitative estimate of drug-likeness (QED) is 0.573. The Balaban J connectivity index is 2.09. The van der Waals surface area contributed by atoms with Gasteiger partial charge in [-0.2, -0.15) is 0 Å². The molecule has 1 fully saturated rings. The predicted octanol–water partition coefficient (Wildman–Crippen LogP) is 2.01. The summed E-state index contributed by atoms with van der Waals surface area (Å²) in [4.78, 5) is 38.9. The number of carboxylic acid groups (broad SMARTS) is 1. The Morgan fingerprint density at radius 1 is 1.23 bits per heavy atom. The number of carbonyl (C=O) groups is 3. The summed E-state index contributed by atoms with van der Waals surface area (Å²) < 4.78 is 10.6. The normalized spacial score (nSPS) is 19.4. The van der Waals surface area contributed by atoms with Crippen LogP contribution in [0.15, 0.2) is 30.3 Å². The number of carbonyl (C=O) groups excluding carboxylic acids is 2. The molecular formula is C23H34N2O6.